The largest absolute Gasteiger partial charge is 0.496 e. The predicted molar refractivity (Wildman–Crippen MR) is 84.2 cm³/mol. The van der Waals surface area contributed by atoms with Crippen molar-refractivity contribution in [3.8, 4) is 5.75 Å². The first kappa shape index (κ1) is 16.3. The summed E-state index contributed by atoms with van der Waals surface area (Å²) in [4.78, 5) is 0. The van der Waals surface area contributed by atoms with Crippen molar-refractivity contribution in [3.63, 3.8) is 0 Å². The lowest BCUT2D eigenvalue weighted by molar-refractivity contribution is 0.287. The van der Waals surface area contributed by atoms with Crippen LogP contribution in [0.15, 0.2) is 24.3 Å². The number of rotatable bonds is 7. The molecule has 0 heterocycles. The average Bonchev–Trinajstić information content (AvgIpc) is 2.41. The lowest BCUT2D eigenvalue weighted by atomic mass is 9.75. The van der Waals surface area contributed by atoms with Gasteiger partial charge in [0.2, 0.25) is 10.0 Å². The maximum Gasteiger partial charge on any atom is 0.214 e. The van der Waals surface area contributed by atoms with Crippen molar-refractivity contribution in [1.82, 2.24) is 9.62 Å². The van der Waals surface area contributed by atoms with Crippen molar-refractivity contribution in [3.05, 3.63) is 29.8 Å². The molecule has 5 nitrogen and oxygen atoms in total. The van der Waals surface area contributed by atoms with E-state index in [1.165, 1.54) is 9.87 Å². The Hall–Kier alpha value is -1.11. The zero-order valence-electron chi connectivity index (χ0n) is 12.9. The van der Waals surface area contributed by atoms with Gasteiger partial charge in [0.1, 0.15) is 5.75 Å². The van der Waals surface area contributed by atoms with E-state index in [9.17, 15) is 8.42 Å². The quantitative estimate of drug-likeness (QED) is 0.827. The van der Waals surface area contributed by atoms with E-state index in [0.29, 0.717) is 18.5 Å². The van der Waals surface area contributed by atoms with Gasteiger partial charge in [-0.1, -0.05) is 18.2 Å². The molecule has 1 aromatic rings. The number of hydrogen-bond donors (Lipinski definition) is 1. The van der Waals surface area contributed by atoms with Crippen molar-refractivity contribution in [2.45, 2.75) is 24.8 Å². The third-order valence-corrected chi connectivity index (χ3v) is 5.90. The fraction of sp³-hybridized carbons (Fsp3) is 0.600. The highest BCUT2D eigenvalue weighted by molar-refractivity contribution is 7.89. The molecule has 0 radical (unpaired) electrons. The van der Waals surface area contributed by atoms with E-state index < -0.39 is 10.0 Å². The normalized spacial score (nSPS) is 22.1. The van der Waals surface area contributed by atoms with Crippen LogP contribution in [0.4, 0.5) is 0 Å². The van der Waals surface area contributed by atoms with Crippen LogP contribution in [0.25, 0.3) is 0 Å². The number of para-hydroxylation sites is 1. The van der Waals surface area contributed by atoms with Crippen LogP contribution in [0.5, 0.6) is 5.75 Å². The Morgan fingerprint density at radius 3 is 2.57 bits per heavy atom. The third kappa shape index (κ3) is 3.96. The molecule has 2 rings (SSSR count). The Kier molecular flexibility index (Phi) is 5.24. The number of methoxy groups -OCH3 is 1. The lowest BCUT2D eigenvalue weighted by Crippen LogP contribution is -2.43. The van der Waals surface area contributed by atoms with Crippen molar-refractivity contribution in [1.29, 1.82) is 0 Å². The smallest absolute Gasteiger partial charge is 0.214 e. The Labute approximate surface area is 127 Å². The van der Waals surface area contributed by atoms with Crippen LogP contribution in [-0.4, -0.2) is 52.3 Å². The van der Waals surface area contributed by atoms with Crippen LogP contribution in [-0.2, 0) is 10.0 Å². The van der Waals surface area contributed by atoms with E-state index in [4.69, 9.17) is 4.74 Å². The summed E-state index contributed by atoms with van der Waals surface area (Å²) in [6.07, 6.45) is 2.06. The molecule has 1 aliphatic carbocycles. The summed E-state index contributed by atoms with van der Waals surface area (Å²) < 4.78 is 30.0. The highest BCUT2D eigenvalue weighted by atomic mass is 32.2. The first-order chi connectivity index (χ1) is 9.94. The maximum absolute atomic E-state index is 11.7. The number of nitrogens with one attached hydrogen (secondary N) is 1. The highest BCUT2D eigenvalue weighted by Crippen LogP contribution is 2.40. The van der Waals surface area contributed by atoms with E-state index in [1.807, 2.05) is 18.2 Å². The second kappa shape index (κ2) is 6.77. The minimum absolute atomic E-state index is 0.149. The molecule has 21 heavy (non-hydrogen) atoms. The maximum atomic E-state index is 11.7. The van der Waals surface area contributed by atoms with Gasteiger partial charge in [-0.3, -0.25) is 0 Å². The molecule has 1 aliphatic rings. The standard InChI is InChI=1S/C15H24N2O3S/c1-17(2)21(18,19)9-8-16-13-10-12(11-13)14-6-4-5-7-15(14)20-3/h4-7,12-13,16H,8-11H2,1-3H3. The van der Waals surface area contributed by atoms with Gasteiger partial charge in [-0.15, -0.1) is 0 Å². The monoisotopic (exact) mass is 312 g/mol. The van der Waals surface area contributed by atoms with Crippen molar-refractivity contribution >= 4 is 10.0 Å². The van der Waals surface area contributed by atoms with Crippen molar-refractivity contribution < 1.29 is 13.2 Å². The van der Waals surface area contributed by atoms with Gasteiger partial charge < -0.3 is 10.1 Å². The minimum Gasteiger partial charge on any atom is -0.496 e. The fourth-order valence-electron chi connectivity index (χ4n) is 2.62. The van der Waals surface area contributed by atoms with Crippen LogP contribution in [0.1, 0.15) is 24.3 Å². The first-order valence-corrected chi connectivity index (χ1v) is 8.81. The minimum atomic E-state index is -3.10. The summed E-state index contributed by atoms with van der Waals surface area (Å²) in [7, 11) is 1.72. The van der Waals surface area contributed by atoms with Gasteiger partial charge in [0.25, 0.3) is 0 Å². The third-order valence-electron chi connectivity index (χ3n) is 4.07. The van der Waals surface area contributed by atoms with E-state index in [0.717, 1.165) is 18.6 Å². The Morgan fingerprint density at radius 2 is 1.95 bits per heavy atom. The highest BCUT2D eigenvalue weighted by Gasteiger charge is 2.31. The van der Waals surface area contributed by atoms with Gasteiger partial charge >= 0.3 is 0 Å². The molecule has 0 saturated heterocycles. The van der Waals surface area contributed by atoms with Gasteiger partial charge in [-0.25, -0.2) is 12.7 Å². The molecule has 0 aromatic heterocycles. The van der Waals surface area contributed by atoms with E-state index in [-0.39, 0.29) is 5.75 Å². The van der Waals surface area contributed by atoms with E-state index >= 15 is 0 Å². The second-order valence-corrected chi connectivity index (χ2v) is 7.96. The van der Waals surface area contributed by atoms with Gasteiger partial charge in [0.15, 0.2) is 0 Å². The Bertz CT molecular complexity index is 566. The van der Waals surface area contributed by atoms with Crippen LogP contribution >= 0.6 is 0 Å². The van der Waals surface area contributed by atoms with Gasteiger partial charge in [0.05, 0.1) is 12.9 Å². The number of ether oxygens (including phenoxy) is 1. The molecule has 1 fully saturated rings. The molecule has 1 aromatic carbocycles. The topological polar surface area (TPSA) is 58.6 Å². The van der Waals surface area contributed by atoms with E-state index in [1.54, 1.807) is 21.2 Å². The molecule has 0 amide bonds. The summed E-state index contributed by atoms with van der Waals surface area (Å²) in [6, 6.07) is 8.50. The Morgan fingerprint density at radius 1 is 1.29 bits per heavy atom. The fourth-order valence-corrected chi connectivity index (χ4v) is 3.36. The number of hydrogen-bond acceptors (Lipinski definition) is 4. The molecule has 0 spiro atoms. The summed E-state index contributed by atoms with van der Waals surface area (Å²) in [6.45, 7) is 0.504. The average molecular weight is 312 g/mol. The summed E-state index contributed by atoms with van der Waals surface area (Å²) in [5.41, 5.74) is 1.25. The SMILES string of the molecule is COc1ccccc1C1CC(NCCS(=O)(=O)N(C)C)C1. The number of nitrogens with zero attached hydrogens (tertiary/aromatic N) is 1. The number of benzene rings is 1. The molecule has 0 aliphatic heterocycles. The molecule has 1 N–H and O–H groups in total. The van der Waals surface area contributed by atoms with Crippen LogP contribution in [0.3, 0.4) is 0 Å². The summed E-state index contributed by atoms with van der Waals surface area (Å²) >= 11 is 0. The molecular formula is C15H24N2O3S. The molecule has 118 valence electrons. The first-order valence-electron chi connectivity index (χ1n) is 7.20. The second-order valence-electron chi connectivity index (χ2n) is 5.66. The van der Waals surface area contributed by atoms with Gasteiger partial charge in [-0.05, 0) is 30.4 Å². The molecule has 1 saturated carbocycles. The van der Waals surface area contributed by atoms with E-state index in [2.05, 4.69) is 11.4 Å². The molecular weight excluding hydrogens is 288 g/mol. The Balaban J connectivity index is 1.77. The summed E-state index contributed by atoms with van der Waals surface area (Å²) in [5, 5.41) is 3.32. The van der Waals surface area contributed by atoms with Crippen LogP contribution in [0, 0.1) is 0 Å². The lowest BCUT2D eigenvalue weighted by Gasteiger charge is -2.37. The van der Waals surface area contributed by atoms with Gasteiger partial charge in [-0.2, -0.15) is 0 Å². The predicted octanol–water partition coefficient (Wildman–Crippen LogP) is 1.42. The molecule has 0 bridgehead atoms. The molecule has 0 atom stereocenters. The van der Waals surface area contributed by atoms with Crippen LogP contribution in [0.2, 0.25) is 0 Å². The number of sulfonamides is 1. The summed E-state index contributed by atoms with van der Waals surface area (Å²) in [5.74, 6) is 1.59. The van der Waals surface area contributed by atoms with Gasteiger partial charge in [0, 0.05) is 26.7 Å². The molecule has 6 heteroatoms. The van der Waals surface area contributed by atoms with Crippen molar-refractivity contribution in [2.75, 3.05) is 33.5 Å². The zero-order chi connectivity index (χ0) is 15.5. The zero-order valence-corrected chi connectivity index (χ0v) is 13.7. The van der Waals surface area contributed by atoms with Crippen molar-refractivity contribution in [2.24, 2.45) is 0 Å². The molecule has 0 unspecified atom stereocenters. The van der Waals surface area contributed by atoms with Crippen LogP contribution < -0.4 is 10.1 Å².